The number of benzene rings is 1. The molecule has 0 saturated heterocycles. The Bertz CT molecular complexity index is 795. The molecule has 2 aromatic heterocycles. The molecule has 0 aliphatic rings. The van der Waals surface area contributed by atoms with Crippen molar-refractivity contribution >= 4 is 21.8 Å². The van der Waals surface area contributed by atoms with Crippen molar-refractivity contribution in [2.24, 2.45) is 0 Å². The fraction of sp³-hybridized carbons (Fsp3) is 0.312. The van der Waals surface area contributed by atoms with Crippen LogP contribution >= 0.6 is 0 Å². The van der Waals surface area contributed by atoms with Gasteiger partial charge >= 0.3 is 0 Å². The monoisotopic (exact) mass is 286 g/mol. The van der Waals surface area contributed by atoms with E-state index in [-0.39, 0.29) is 6.10 Å². The fourth-order valence-electron chi connectivity index (χ4n) is 2.64. The highest BCUT2D eigenvalue weighted by atomic mass is 16.5. The summed E-state index contributed by atoms with van der Waals surface area (Å²) < 4.78 is 16.3. The van der Waals surface area contributed by atoms with Gasteiger partial charge in [-0.3, -0.25) is 4.98 Å². The fourth-order valence-corrected chi connectivity index (χ4v) is 2.64. The van der Waals surface area contributed by atoms with Crippen LogP contribution in [-0.2, 0) is 4.74 Å². The van der Waals surface area contributed by atoms with Crippen molar-refractivity contribution in [2.75, 3.05) is 21.3 Å². The SMILES string of the molecule is COc1cccc2c1[nH]c1c(C(C)OC)ncc(OC)c12. The van der Waals surface area contributed by atoms with Crippen LogP contribution in [0.4, 0.5) is 0 Å². The molecular weight excluding hydrogens is 268 g/mol. The van der Waals surface area contributed by atoms with Crippen LogP contribution < -0.4 is 9.47 Å². The molecule has 5 nitrogen and oxygen atoms in total. The molecule has 1 aromatic carbocycles. The Morgan fingerprint density at radius 3 is 2.48 bits per heavy atom. The maximum absolute atomic E-state index is 5.47. The van der Waals surface area contributed by atoms with Crippen LogP contribution in [0, 0.1) is 0 Å². The Labute approximate surface area is 122 Å². The second kappa shape index (κ2) is 5.26. The molecule has 0 saturated carbocycles. The van der Waals surface area contributed by atoms with E-state index in [1.807, 2.05) is 25.1 Å². The summed E-state index contributed by atoms with van der Waals surface area (Å²) in [5.74, 6) is 1.53. The lowest BCUT2D eigenvalue weighted by Crippen LogP contribution is -2.01. The number of ether oxygens (including phenoxy) is 3. The molecule has 0 spiro atoms. The third-order valence-corrected chi connectivity index (χ3v) is 3.80. The Morgan fingerprint density at radius 1 is 1.05 bits per heavy atom. The number of methoxy groups -OCH3 is 3. The van der Waals surface area contributed by atoms with Crippen LogP contribution in [0.3, 0.4) is 0 Å². The lowest BCUT2D eigenvalue weighted by Gasteiger charge is -2.11. The largest absolute Gasteiger partial charge is 0.495 e. The standard InChI is InChI=1S/C16H18N2O3/c1-9(19-2)14-16-13(12(21-4)8-17-14)10-6-5-7-11(20-3)15(10)18-16/h5-9,18H,1-4H3. The van der Waals surface area contributed by atoms with Gasteiger partial charge in [-0.2, -0.15) is 0 Å². The van der Waals surface area contributed by atoms with E-state index in [4.69, 9.17) is 14.2 Å². The molecule has 3 aromatic rings. The number of aromatic amines is 1. The Balaban J connectivity index is 2.45. The smallest absolute Gasteiger partial charge is 0.147 e. The summed E-state index contributed by atoms with van der Waals surface area (Å²) in [5, 5.41) is 2.05. The van der Waals surface area contributed by atoms with Crippen LogP contribution in [0.2, 0.25) is 0 Å². The highest BCUT2D eigenvalue weighted by Crippen LogP contribution is 2.38. The molecule has 0 bridgehead atoms. The van der Waals surface area contributed by atoms with E-state index in [2.05, 4.69) is 9.97 Å². The van der Waals surface area contributed by atoms with E-state index in [0.717, 1.165) is 39.0 Å². The van der Waals surface area contributed by atoms with Crippen LogP contribution in [0.15, 0.2) is 24.4 Å². The number of fused-ring (bicyclic) bond motifs is 3. The maximum Gasteiger partial charge on any atom is 0.147 e. The van der Waals surface area contributed by atoms with Crippen LogP contribution in [-0.4, -0.2) is 31.3 Å². The van der Waals surface area contributed by atoms with E-state index >= 15 is 0 Å². The minimum absolute atomic E-state index is 0.113. The lowest BCUT2D eigenvalue weighted by molar-refractivity contribution is 0.117. The number of aromatic nitrogens is 2. The predicted octanol–water partition coefficient (Wildman–Crippen LogP) is 3.44. The zero-order chi connectivity index (χ0) is 15.0. The van der Waals surface area contributed by atoms with Gasteiger partial charge < -0.3 is 19.2 Å². The molecule has 2 heterocycles. The Morgan fingerprint density at radius 2 is 1.81 bits per heavy atom. The average molecular weight is 286 g/mol. The molecule has 1 N–H and O–H groups in total. The molecule has 0 fully saturated rings. The van der Waals surface area contributed by atoms with Crippen molar-refractivity contribution in [2.45, 2.75) is 13.0 Å². The number of para-hydroxylation sites is 1. The Kier molecular flexibility index (Phi) is 3.43. The van der Waals surface area contributed by atoms with Crippen molar-refractivity contribution in [3.63, 3.8) is 0 Å². The van der Waals surface area contributed by atoms with Gasteiger partial charge in [0.25, 0.3) is 0 Å². The third-order valence-electron chi connectivity index (χ3n) is 3.80. The number of nitrogens with one attached hydrogen (secondary N) is 1. The van der Waals surface area contributed by atoms with Gasteiger partial charge in [0.05, 0.1) is 48.6 Å². The first-order valence-corrected chi connectivity index (χ1v) is 6.75. The number of nitrogens with zero attached hydrogens (tertiary/aromatic N) is 1. The number of pyridine rings is 1. The van der Waals surface area contributed by atoms with Gasteiger partial charge in [0.2, 0.25) is 0 Å². The van der Waals surface area contributed by atoms with E-state index in [0.29, 0.717) is 0 Å². The molecule has 0 aliphatic carbocycles. The number of hydrogen-bond acceptors (Lipinski definition) is 4. The first-order chi connectivity index (χ1) is 10.2. The number of H-pyrrole nitrogens is 1. The predicted molar refractivity (Wildman–Crippen MR) is 82.1 cm³/mol. The molecule has 5 heteroatoms. The summed E-state index contributed by atoms with van der Waals surface area (Å²) in [6, 6.07) is 5.94. The minimum Gasteiger partial charge on any atom is -0.495 e. The van der Waals surface area contributed by atoms with Crippen LogP contribution in [0.1, 0.15) is 18.7 Å². The zero-order valence-corrected chi connectivity index (χ0v) is 12.6. The quantitative estimate of drug-likeness (QED) is 0.798. The van der Waals surface area contributed by atoms with Crippen LogP contribution in [0.25, 0.3) is 21.8 Å². The van der Waals surface area contributed by atoms with Crippen molar-refractivity contribution < 1.29 is 14.2 Å². The summed E-state index contributed by atoms with van der Waals surface area (Å²) in [4.78, 5) is 7.89. The highest BCUT2D eigenvalue weighted by molar-refractivity contribution is 6.12. The van der Waals surface area contributed by atoms with Gasteiger partial charge in [-0.15, -0.1) is 0 Å². The van der Waals surface area contributed by atoms with E-state index < -0.39 is 0 Å². The zero-order valence-electron chi connectivity index (χ0n) is 12.6. The molecule has 110 valence electrons. The average Bonchev–Trinajstić information content (AvgIpc) is 2.92. The molecule has 0 aliphatic heterocycles. The second-order valence-corrected chi connectivity index (χ2v) is 4.85. The van der Waals surface area contributed by atoms with Crippen LogP contribution in [0.5, 0.6) is 11.5 Å². The normalized spacial score (nSPS) is 12.8. The molecule has 3 rings (SSSR count). The Hall–Kier alpha value is -2.27. The number of hydrogen-bond donors (Lipinski definition) is 1. The minimum atomic E-state index is -0.113. The molecular formula is C16H18N2O3. The second-order valence-electron chi connectivity index (χ2n) is 4.85. The highest BCUT2D eigenvalue weighted by Gasteiger charge is 2.19. The first kappa shape index (κ1) is 13.7. The first-order valence-electron chi connectivity index (χ1n) is 6.75. The van der Waals surface area contributed by atoms with Crippen molar-refractivity contribution in [1.29, 1.82) is 0 Å². The maximum atomic E-state index is 5.47. The summed E-state index contributed by atoms with van der Waals surface area (Å²) in [5.41, 5.74) is 2.71. The van der Waals surface area contributed by atoms with Gasteiger partial charge in [0, 0.05) is 12.5 Å². The van der Waals surface area contributed by atoms with Gasteiger partial charge in [-0.05, 0) is 13.0 Å². The molecule has 0 radical (unpaired) electrons. The van der Waals surface area contributed by atoms with Crippen molar-refractivity contribution in [1.82, 2.24) is 9.97 Å². The van der Waals surface area contributed by atoms with E-state index in [1.54, 1.807) is 27.5 Å². The summed E-state index contributed by atoms with van der Waals surface area (Å²) in [6.07, 6.45) is 1.62. The third kappa shape index (κ3) is 2.01. The van der Waals surface area contributed by atoms with Crippen molar-refractivity contribution in [3.8, 4) is 11.5 Å². The van der Waals surface area contributed by atoms with E-state index in [9.17, 15) is 0 Å². The summed E-state index contributed by atoms with van der Waals surface area (Å²) in [7, 11) is 4.98. The van der Waals surface area contributed by atoms with Gasteiger partial charge in [0.15, 0.2) is 0 Å². The lowest BCUT2D eigenvalue weighted by atomic mass is 10.1. The number of rotatable bonds is 4. The molecule has 0 amide bonds. The van der Waals surface area contributed by atoms with Gasteiger partial charge in [-0.1, -0.05) is 12.1 Å². The molecule has 1 unspecified atom stereocenters. The van der Waals surface area contributed by atoms with Crippen molar-refractivity contribution in [3.05, 3.63) is 30.1 Å². The van der Waals surface area contributed by atoms with Gasteiger partial charge in [0.1, 0.15) is 11.5 Å². The molecule has 21 heavy (non-hydrogen) atoms. The topological polar surface area (TPSA) is 56.4 Å². The molecule has 1 atom stereocenters. The van der Waals surface area contributed by atoms with Gasteiger partial charge in [-0.25, -0.2) is 0 Å². The summed E-state index contributed by atoms with van der Waals surface area (Å²) in [6.45, 7) is 1.97. The van der Waals surface area contributed by atoms with E-state index in [1.165, 1.54) is 0 Å². The summed E-state index contributed by atoms with van der Waals surface area (Å²) >= 11 is 0.